The van der Waals surface area contributed by atoms with Gasteiger partial charge in [0.2, 0.25) is 0 Å². The van der Waals surface area contributed by atoms with Crippen LogP contribution in [0.5, 0.6) is 0 Å². The quantitative estimate of drug-likeness (QED) is 0.594. The molecule has 13 heavy (non-hydrogen) atoms. The molecule has 0 bridgehead atoms. The van der Waals surface area contributed by atoms with E-state index in [1.54, 1.807) is 0 Å². The summed E-state index contributed by atoms with van der Waals surface area (Å²) in [6.45, 7) is 0. The molecule has 0 radical (unpaired) electrons. The highest BCUT2D eigenvalue weighted by atomic mass is 16.7. The van der Waals surface area contributed by atoms with Crippen molar-refractivity contribution in [2.45, 2.75) is 62.3 Å². The van der Waals surface area contributed by atoms with Crippen molar-refractivity contribution in [2.75, 3.05) is 0 Å². The Morgan fingerprint density at radius 2 is 1.31 bits per heavy atom. The average Bonchev–Trinajstić information content (AvgIpc) is 3.03. The summed E-state index contributed by atoms with van der Waals surface area (Å²) in [6, 6.07) is 0. The van der Waals surface area contributed by atoms with E-state index in [0.29, 0.717) is 36.6 Å². The lowest BCUT2D eigenvalue weighted by atomic mass is 10.2. The van der Waals surface area contributed by atoms with Crippen LogP contribution in [0.2, 0.25) is 0 Å². The van der Waals surface area contributed by atoms with E-state index in [-0.39, 0.29) is 0 Å². The van der Waals surface area contributed by atoms with Crippen LogP contribution < -0.4 is 0 Å². The highest BCUT2D eigenvalue weighted by molar-refractivity contribution is 5.03. The third-order valence-corrected chi connectivity index (χ3v) is 3.80. The smallest absolute Gasteiger partial charge is 0.110 e. The highest BCUT2D eigenvalue weighted by Gasteiger charge is 2.56. The van der Waals surface area contributed by atoms with Crippen LogP contribution in [0, 0.1) is 0 Å². The predicted octanol–water partition coefficient (Wildman–Crippen LogP) is 0.863. The molecule has 0 spiro atoms. The Bertz CT molecular complexity index is 218. The Balaban J connectivity index is 1.41. The van der Waals surface area contributed by atoms with E-state index in [9.17, 15) is 0 Å². The fraction of sp³-hybridized carbons (Fsp3) is 1.00. The third kappa shape index (κ3) is 1.01. The zero-order valence-corrected chi connectivity index (χ0v) is 7.52. The van der Waals surface area contributed by atoms with Crippen LogP contribution in [0.3, 0.4) is 0 Å². The van der Waals surface area contributed by atoms with Crippen molar-refractivity contribution >= 4 is 0 Å². The fourth-order valence-electron chi connectivity index (χ4n) is 2.93. The van der Waals surface area contributed by atoms with Gasteiger partial charge in [-0.05, 0) is 25.7 Å². The molecular formula is C10H14O3. The number of hydrogen-bond acceptors (Lipinski definition) is 3. The van der Waals surface area contributed by atoms with Crippen LogP contribution in [0.1, 0.15) is 25.7 Å². The van der Waals surface area contributed by atoms with Crippen molar-refractivity contribution in [3.8, 4) is 0 Å². The van der Waals surface area contributed by atoms with Crippen molar-refractivity contribution < 1.29 is 14.2 Å². The van der Waals surface area contributed by atoms with Crippen molar-refractivity contribution in [3.05, 3.63) is 0 Å². The SMILES string of the molecule is C1CC(O[C@@H]2CCC3OC32)C2OC12. The van der Waals surface area contributed by atoms with Gasteiger partial charge in [-0.15, -0.1) is 0 Å². The van der Waals surface area contributed by atoms with Gasteiger partial charge in [-0.25, -0.2) is 0 Å². The minimum Gasteiger partial charge on any atom is -0.369 e. The number of epoxide rings is 2. The zero-order valence-electron chi connectivity index (χ0n) is 7.52. The summed E-state index contributed by atoms with van der Waals surface area (Å²) >= 11 is 0. The molecule has 3 nitrogen and oxygen atoms in total. The second-order valence-electron chi connectivity index (χ2n) is 4.65. The van der Waals surface area contributed by atoms with Crippen LogP contribution in [0.4, 0.5) is 0 Å². The van der Waals surface area contributed by atoms with Crippen molar-refractivity contribution in [1.29, 1.82) is 0 Å². The lowest BCUT2D eigenvalue weighted by molar-refractivity contribution is -0.0432. The fourth-order valence-corrected chi connectivity index (χ4v) is 2.93. The van der Waals surface area contributed by atoms with Crippen LogP contribution in [-0.4, -0.2) is 36.6 Å². The van der Waals surface area contributed by atoms with E-state index in [4.69, 9.17) is 14.2 Å². The van der Waals surface area contributed by atoms with E-state index in [2.05, 4.69) is 0 Å². The first-order chi connectivity index (χ1) is 6.42. The Hall–Kier alpha value is -0.120. The molecule has 0 N–H and O–H groups in total. The maximum atomic E-state index is 6.03. The normalized spacial score (nSPS) is 61.8. The minimum absolute atomic E-state index is 0.387. The van der Waals surface area contributed by atoms with Gasteiger partial charge in [0, 0.05) is 0 Å². The molecule has 0 aromatic carbocycles. The lowest BCUT2D eigenvalue weighted by Gasteiger charge is -2.18. The van der Waals surface area contributed by atoms with E-state index >= 15 is 0 Å². The number of hydrogen-bond donors (Lipinski definition) is 0. The topological polar surface area (TPSA) is 34.3 Å². The molecule has 2 saturated heterocycles. The van der Waals surface area contributed by atoms with Crippen molar-refractivity contribution in [2.24, 2.45) is 0 Å². The molecule has 5 unspecified atom stereocenters. The summed E-state index contributed by atoms with van der Waals surface area (Å²) in [7, 11) is 0. The highest BCUT2D eigenvalue weighted by Crippen LogP contribution is 2.45. The van der Waals surface area contributed by atoms with E-state index in [0.717, 1.165) is 0 Å². The van der Waals surface area contributed by atoms with Crippen LogP contribution in [-0.2, 0) is 14.2 Å². The zero-order chi connectivity index (χ0) is 8.41. The van der Waals surface area contributed by atoms with Gasteiger partial charge >= 0.3 is 0 Å². The molecular weight excluding hydrogens is 168 g/mol. The van der Waals surface area contributed by atoms with Crippen LogP contribution in [0.15, 0.2) is 0 Å². The maximum absolute atomic E-state index is 6.03. The second-order valence-corrected chi connectivity index (χ2v) is 4.65. The Morgan fingerprint density at radius 1 is 0.769 bits per heavy atom. The second kappa shape index (κ2) is 2.27. The first-order valence-corrected chi connectivity index (χ1v) is 5.38. The summed E-state index contributed by atoms with van der Waals surface area (Å²) in [5, 5.41) is 0. The minimum atomic E-state index is 0.387. The summed E-state index contributed by atoms with van der Waals surface area (Å²) in [5.74, 6) is 0. The summed E-state index contributed by atoms with van der Waals surface area (Å²) < 4.78 is 16.9. The number of ether oxygens (including phenoxy) is 3. The third-order valence-electron chi connectivity index (χ3n) is 3.80. The predicted molar refractivity (Wildman–Crippen MR) is 44.5 cm³/mol. The molecule has 2 aliphatic carbocycles. The molecule has 0 aromatic rings. The molecule has 72 valence electrons. The summed E-state index contributed by atoms with van der Waals surface area (Å²) in [4.78, 5) is 0. The van der Waals surface area contributed by atoms with Crippen molar-refractivity contribution in [3.63, 3.8) is 0 Å². The lowest BCUT2D eigenvalue weighted by Crippen LogP contribution is -2.26. The molecule has 2 aliphatic heterocycles. The van der Waals surface area contributed by atoms with E-state index < -0.39 is 0 Å². The van der Waals surface area contributed by atoms with E-state index in [1.807, 2.05) is 0 Å². The monoisotopic (exact) mass is 182 g/mol. The molecule has 0 amide bonds. The molecule has 6 atom stereocenters. The van der Waals surface area contributed by atoms with Crippen molar-refractivity contribution in [1.82, 2.24) is 0 Å². The van der Waals surface area contributed by atoms with Gasteiger partial charge in [-0.3, -0.25) is 0 Å². The average molecular weight is 182 g/mol. The molecule has 0 aromatic heterocycles. The summed E-state index contributed by atoms with van der Waals surface area (Å²) in [5.41, 5.74) is 0. The van der Waals surface area contributed by atoms with Gasteiger partial charge < -0.3 is 14.2 Å². The molecule has 3 heteroatoms. The Labute approximate surface area is 77.3 Å². The first kappa shape index (κ1) is 7.21. The standard InChI is InChI=1S/C10H14O3/c1-3-7-9(12-7)5(1)11-6-2-4-8-10(6)13-8/h5-10H,1-4H2/t5-,6?,7?,8?,9?,10?/m1/s1. The number of rotatable bonds is 2. The van der Waals surface area contributed by atoms with Gasteiger partial charge in [0.1, 0.15) is 12.2 Å². The van der Waals surface area contributed by atoms with Gasteiger partial charge in [-0.1, -0.05) is 0 Å². The van der Waals surface area contributed by atoms with Gasteiger partial charge in [0.15, 0.2) is 0 Å². The van der Waals surface area contributed by atoms with Gasteiger partial charge in [0.05, 0.1) is 24.4 Å². The van der Waals surface area contributed by atoms with E-state index in [1.165, 1.54) is 25.7 Å². The Morgan fingerprint density at radius 3 is 1.62 bits per heavy atom. The largest absolute Gasteiger partial charge is 0.369 e. The number of fused-ring (bicyclic) bond motifs is 2. The molecule has 4 rings (SSSR count). The molecule has 4 fully saturated rings. The molecule has 2 saturated carbocycles. The van der Waals surface area contributed by atoms with Crippen LogP contribution >= 0.6 is 0 Å². The van der Waals surface area contributed by atoms with Gasteiger partial charge in [-0.2, -0.15) is 0 Å². The molecule has 2 heterocycles. The first-order valence-electron chi connectivity index (χ1n) is 5.38. The summed E-state index contributed by atoms with van der Waals surface area (Å²) in [6.07, 6.45) is 7.55. The molecule has 4 aliphatic rings. The van der Waals surface area contributed by atoms with Crippen LogP contribution in [0.25, 0.3) is 0 Å². The van der Waals surface area contributed by atoms with Gasteiger partial charge in [0.25, 0.3) is 0 Å². The maximum Gasteiger partial charge on any atom is 0.110 e. The Kier molecular flexibility index (Phi) is 1.26.